The van der Waals surface area contributed by atoms with Gasteiger partial charge in [-0.05, 0) is 47.9 Å². The number of amides is 2. The fraction of sp³-hybridized carbons (Fsp3) is 0.0952. The first-order chi connectivity index (χ1) is 14.6. The van der Waals surface area contributed by atoms with E-state index in [0.29, 0.717) is 22.8 Å². The highest BCUT2D eigenvalue weighted by Gasteiger charge is 2.14. The first-order valence-corrected chi connectivity index (χ1v) is 10.3. The van der Waals surface area contributed by atoms with Crippen molar-refractivity contribution in [3.63, 3.8) is 0 Å². The van der Waals surface area contributed by atoms with Crippen LogP contribution >= 0.6 is 23.6 Å². The lowest BCUT2D eigenvalue weighted by Crippen LogP contribution is -2.48. The van der Waals surface area contributed by atoms with E-state index >= 15 is 0 Å². The summed E-state index contributed by atoms with van der Waals surface area (Å²) in [5.74, 6) is 0.339. The highest BCUT2D eigenvalue weighted by atomic mass is 32.1. The zero-order chi connectivity index (χ0) is 21.2. The average Bonchev–Trinajstić information content (AvgIpc) is 3.31. The van der Waals surface area contributed by atoms with Crippen LogP contribution < -0.4 is 25.6 Å². The summed E-state index contributed by atoms with van der Waals surface area (Å²) in [6.45, 7) is 0.591. The molecule has 0 bridgehead atoms. The van der Waals surface area contributed by atoms with Gasteiger partial charge in [0.15, 0.2) is 5.11 Å². The molecule has 0 atom stereocenters. The van der Waals surface area contributed by atoms with Gasteiger partial charge in [0.2, 0.25) is 0 Å². The molecule has 0 saturated carbocycles. The Balaban J connectivity index is 1.48. The van der Waals surface area contributed by atoms with E-state index in [2.05, 4.69) is 16.2 Å². The Hall–Kier alpha value is -3.43. The molecule has 2 aromatic carbocycles. The number of hydrogen-bond donors (Lipinski definition) is 3. The summed E-state index contributed by atoms with van der Waals surface area (Å²) in [6, 6.07) is 19.6. The smallest absolute Gasteiger partial charge is 0.279 e. The minimum Gasteiger partial charge on any atom is -0.490 e. The van der Waals surface area contributed by atoms with Crippen LogP contribution in [-0.2, 0) is 0 Å². The number of hydrogen-bond acceptors (Lipinski definition) is 6. The van der Waals surface area contributed by atoms with Crippen LogP contribution in [0.5, 0.6) is 11.5 Å². The number of hydrazine groups is 1. The van der Waals surface area contributed by atoms with Crippen molar-refractivity contribution >= 4 is 40.5 Å². The standard InChI is InChI=1S/C21H19N3O4S2/c25-19(22-21(29)24-23-20(26)18-11-6-14-30-18)16-9-4-5-10-17(16)28-13-12-27-15-7-2-1-3-8-15/h1-11,14H,12-13H2,(H,23,26)(H2,22,24,25,29). The van der Waals surface area contributed by atoms with Crippen LogP contribution in [0.3, 0.4) is 0 Å². The molecule has 0 fully saturated rings. The molecule has 1 heterocycles. The van der Waals surface area contributed by atoms with Crippen molar-refractivity contribution in [2.75, 3.05) is 13.2 Å². The molecule has 0 aliphatic carbocycles. The van der Waals surface area contributed by atoms with Crippen molar-refractivity contribution in [2.45, 2.75) is 0 Å². The van der Waals surface area contributed by atoms with Crippen LogP contribution in [0.25, 0.3) is 0 Å². The third-order valence-corrected chi connectivity index (χ3v) is 4.82. The minimum absolute atomic E-state index is 0.0351. The molecule has 1 aromatic heterocycles. The molecule has 0 saturated heterocycles. The van der Waals surface area contributed by atoms with Gasteiger partial charge in [-0.2, -0.15) is 0 Å². The number of carbonyl (C=O) groups excluding carboxylic acids is 2. The molecule has 0 unspecified atom stereocenters. The number of rotatable bonds is 7. The Morgan fingerprint density at radius 2 is 1.57 bits per heavy atom. The Morgan fingerprint density at radius 3 is 2.33 bits per heavy atom. The highest BCUT2D eigenvalue weighted by Crippen LogP contribution is 2.18. The van der Waals surface area contributed by atoms with Crippen LogP contribution in [-0.4, -0.2) is 30.1 Å². The second kappa shape index (κ2) is 10.9. The van der Waals surface area contributed by atoms with Crippen LogP contribution in [0.1, 0.15) is 20.0 Å². The number of thiophene rings is 1. The molecule has 3 aromatic rings. The molecule has 0 spiro atoms. The Morgan fingerprint density at radius 1 is 0.833 bits per heavy atom. The maximum Gasteiger partial charge on any atom is 0.279 e. The Bertz CT molecular complexity index is 995. The monoisotopic (exact) mass is 441 g/mol. The summed E-state index contributed by atoms with van der Waals surface area (Å²) in [7, 11) is 0. The predicted octanol–water partition coefficient (Wildman–Crippen LogP) is 3.16. The van der Waals surface area contributed by atoms with E-state index in [9.17, 15) is 9.59 Å². The maximum absolute atomic E-state index is 12.5. The molecule has 30 heavy (non-hydrogen) atoms. The largest absolute Gasteiger partial charge is 0.490 e. The van der Waals surface area contributed by atoms with Crippen molar-refractivity contribution in [3.05, 3.63) is 82.6 Å². The molecule has 0 aliphatic rings. The molecule has 3 rings (SSSR count). The van der Waals surface area contributed by atoms with E-state index in [4.69, 9.17) is 21.7 Å². The van der Waals surface area contributed by atoms with Gasteiger partial charge in [-0.1, -0.05) is 36.4 Å². The zero-order valence-corrected chi connectivity index (χ0v) is 17.4. The molecular formula is C21H19N3O4S2. The van der Waals surface area contributed by atoms with Gasteiger partial charge >= 0.3 is 0 Å². The van der Waals surface area contributed by atoms with E-state index in [0.717, 1.165) is 5.75 Å². The third-order valence-electron chi connectivity index (χ3n) is 3.75. The molecule has 2 amide bonds. The van der Waals surface area contributed by atoms with Crippen molar-refractivity contribution < 1.29 is 19.1 Å². The lowest BCUT2D eigenvalue weighted by atomic mass is 10.2. The summed E-state index contributed by atoms with van der Waals surface area (Å²) >= 11 is 6.36. The van der Waals surface area contributed by atoms with Crippen LogP contribution in [0.2, 0.25) is 0 Å². The van der Waals surface area contributed by atoms with E-state index in [1.165, 1.54) is 11.3 Å². The molecule has 3 N–H and O–H groups in total. The summed E-state index contributed by atoms with van der Waals surface area (Å²) in [5.41, 5.74) is 5.25. The SMILES string of the molecule is O=C(NNC(=S)NC(=O)c1ccccc1OCCOc1ccccc1)c1cccs1. The fourth-order valence-corrected chi connectivity index (χ4v) is 3.16. The van der Waals surface area contributed by atoms with Crippen LogP contribution in [0, 0.1) is 0 Å². The number of benzene rings is 2. The molecule has 0 aliphatic heterocycles. The molecule has 0 radical (unpaired) electrons. The van der Waals surface area contributed by atoms with Gasteiger partial charge in [-0.3, -0.25) is 25.8 Å². The van der Waals surface area contributed by atoms with Gasteiger partial charge < -0.3 is 9.47 Å². The Labute approximate surface area is 183 Å². The first kappa shape index (κ1) is 21.3. The number of ether oxygens (including phenoxy) is 2. The van der Waals surface area contributed by atoms with Gasteiger partial charge in [-0.15, -0.1) is 11.3 Å². The molecular weight excluding hydrogens is 422 g/mol. The molecule has 9 heteroatoms. The Kier molecular flexibility index (Phi) is 7.76. The van der Waals surface area contributed by atoms with Gasteiger partial charge in [-0.25, -0.2) is 0 Å². The zero-order valence-electron chi connectivity index (χ0n) is 15.8. The van der Waals surface area contributed by atoms with Gasteiger partial charge in [0.25, 0.3) is 11.8 Å². The number of nitrogens with one attached hydrogen (secondary N) is 3. The lowest BCUT2D eigenvalue weighted by molar-refractivity contribution is 0.0936. The van der Waals surface area contributed by atoms with Gasteiger partial charge in [0.05, 0.1) is 10.4 Å². The highest BCUT2D eigenvalue weighted by molar-refractivity contribution is 7.80. The second-order valence-corrected chi connectivity index (χ2v) is 7.20. The van der Waals surface area contributed by atoms with E-state index in [-0.39, 0.29) is 17.6 Å². The van der Waals surface area contributed by atoms with Crippen LogP contribution in [0.15, 0.2) is 72.1 Å². The number of para-hydroxylation sites is 2. The summed E-state index contributed by atoms with van der Waals surface area (Å²) in [5, 5.41) is 4.27. The number of carbonyl (C=O) groups is 2. The van der Waals surface area contributed by atoms with E-state index in [1.54, 1.807) is 41.8 Å². The molecule has 7 nitrogen and oxygen atoms in total. The predicted molar refractivity (Wildman–Crippen MR) is 119 cm³/mol. The fourth-order valence-electron chi connectivity index (χ4n) is 2.39. The average molecular weight is 442 g/mol. The lowest BCUT2D eigenvalue weighted by Gasteiger charge is -2.13. The summed E-state index contributed by atoms with van der Waals surface area (Å²) in [4.78, 5) is 25.0. The minimum atomic E-state index is -0.461. The third kappa shape index (κ3) is 6.29. The number of thiocarbonyl (C=S) groups is 1. The van der Waals surface area contributed by atoms with Crippen molar-refractivity contribution in [1.29, 1.82) is 0 Å². The summed E-state index contributed by atoms with van der Waals surface area (Å²) in [6.07, 6.45) is 0. The van der Waals surface area contributed by atoms with E-state index in [1.807, 2.05) is 30.3 Å². The second-order valence-electron chi connectivity index (χ2n) is 5.85. The van der Waals surface area contributed by atoms with E-state index < -0.39 is 5.91 Å². The molecule has 154 valence electrons. The van der Waals surface area contributed by atoms with Crippen molar-refractivity contribution in [1.82, 2.24) is 16.2 Å². The van der Waals surface area contributed by atoms with Crippen molar-refractivity contribution in [2.24, 2.45) is 0 Å². The van der Waals surface area contributed by atoms with Gasteiger partial charge in [0, 0.05) is 0 Å². The normalized spacial score (nSPS) is 10.0. The van der Waals surface area contributed by atoms with Crippen LogP contribution in [0.4, 0.5) is 0 Å². The quantitative estimate of drug-likeness (QED) is 0.297. The van der Waals surface area contributed by atoms with Crippen molar-refractivity contribution in [3.8, 4) is 11.5 Å². The van der Waals surface area contributed by atoms with Gasteiger partial charge in [0.1, 0.15) is 24.7 Å². The topological polar surface area (TPSA) is 88.7 Å². The summed E-state index contributed by atoms with van der Waals surface area (Å²) < 4.78 is 11.3. The first-order valence-electron chi connectivity index (χ1n) is 8.98. The maximum atomic E-state index is 12.5.